The summed E-state index contributed by atoms with van der Waals surface area (Å²) in [6.45, 7) is 8.78. The van der Waals surface area contributed by atoms with Gasteiger partial charge in [-0.2, -0.15) is 4.98 Å². The molecule has 8 nitrogen and oxygen atoms in total. The van der Waals surface area contributed by atoms with E-state index >= 15 is 0 Å². The van der Waals surface area contributed by atoms with E-state index in [9.17, 15) is 0 Å². The molecule has 0 aromatic carbocycles. The second-order valence-corrected chi connectivity index (χ2v) is 6.29. The topological polar surface area (TPSA) is 70.5 Å². The number of morpholine rings is 1. The third-order valence-electron chi connectivity index (χ3n) is 4.56. The minimum absolute atomic E-state index is 0.758. The van der Waals surface area contributed by atoms with E-state index in [1.807, 2.05) is 13.0 Å². The normalized spacial score (nSPS) is 18.5. The number of aromatic nitrogens is 4. The summed E-state index contributed by atoms with van der Waals surface area (Å²) in [4.78, 5) is 24.9. The highest BCUT2D eigenvalue weighted by atomic mass is 16.5. The molecule has 0 amide bonds. The van der Waals surface area contributed by atoms with E-state index in [0.29, 0.717) is 0 Å². The van der Waals surface area contributed by atoms with Gasteiger partial charge in [0.1, 0.15) is 5.82 Å². The van der Waals surface area contributed by atoms with Crippen LogP contribution in [-0.4, -0.2) is 72.4 Å². The molecule has 0 bridgehead atoms. The lowest BCUT2D eigenvalue weighted by Gasteiger charge is -2.35. The summed E-state index contributed by atoms with van der Waals surface area (Å²) >= 11 is 0. The van der Waals surface area contributed by atoms with E-state index in [4.69, 9.17) is 9.72 Å². The number of nitrogens with zero attached hydrogens (tertiary/aromatic N) is 7. The summed E-state index contributed by atoms with van der Waals surface area (Å²) in [7, 11) is 0. The number of ether oxygens (including phenoxy) is 1. The maximum atomic E-state index is 5.44. The van der Waals surface area contributed by atoms with Crippen LogP contribution in [0.15, 0.2) is 24.5 Å². The molecule has 8 heteroatoms. The number of piperazine rings is 1. The quantitative estimate of drug-likeness (QED) is 0.810. The first-order chi connectivity index (χ1) is 12.3. The Kier molecular flexibility index (Phi) is 4.60. The lowest BCUT2D eigenvalue weighted by Crippen LogP contribution is -2.48. The van der Waals surface area contributed by atoms with Gasteiger partial charge in [0.2, 0.25) is 11.9 Å². The fraction of sp³-hybridized carbons (Fsp3) is 0.529. The van der Waals surface area contributed by atoms with Crippen molar-refractivity contribution in [2.24, 2.45) is 0 Å². The fourth-order valence-corrected chi connectivity index (χ4v) is 3.19. The zero-order valence-electron chi connectivity index (χ0n) is 14.5. The molecule has 25 heavy (non-hydrogen) atoms. The lowest BCUT2D eigenvalue weighted by molar-refractivity contribution is 0.122. The van der Waals surface area contributed by atoms with Gasteiger partial charge in [0.05, 0.1) is 13.2 Å². The Morgan fingerprint density at radius 3 is 2.12 bits per heavy atom. The summed E-state index contributed by atoms with van der Waals surface area (Å²) < 4.78 is 5.44. The summed E-state index contributed by atoms with van der Waals surface area (Å²) in [6, 6.07) is 3.90. The van der Waals surface area contributed by atoms with Crippen molar-refractivity contribution in [1.82, 2.24) is 19.9 Å². The van der Waals surface area contributed by atoms with Crippen molar-refractivity contribution >= 4 is 17.7 Å². The highest BCUT2D eigenvalue weighted by Crippen LogP contribution is 2.20. The lowest BCUT2D eigenvalue weighted by atomic mass is 10.3. The first-order valence-corrected chi connectivity index (χ1v) is 8.75. The molecule has 2 saturated heterocycles. The van der Waals surface area contributed by atoms with Crippen LogP contribution in [0.4, 0.5) is 17.7 Å². The smallest absolute Gasteiger partial charge is 0.227 e. The van der Waals surface area contributed by atoms with Crippen LogP contribution in [0.1, 0.15) is 5.69 Å². The highest BCUT2D eigenvalue weighted by molar-refractivity contribution is 5.47. The molecular formula is C17H23N7O. The Hall–Kier alpha value is -2.48. The van der Waals surface area contributed by atoms with Crippen LogP contribution in [0.2, 0.25) is 0 Å². The zero-order valence-corrected chi connectivity index (χ0v) is 14.5. The second kappa shape index (κ2) is 7.18. The highest BCUT2D eigenvalue weighted by Gasteiger charge is 2.22. The van der Waals surface area contributed by atoms with E-state index in [2.05, 4.69) is 35.7 Å². The fourth-order valence-electron chi connectivity index (χ4n) is 3.19. The Morgan fingerprint density at radius 2 is 1.44 bits per heavy atom. The summed E-state index contributed by atoms with van der Waals surface area (Å²) in [5.41, 5.74) is 1.00. The van der Waals surface area contributed by atoms with E-state index < -0.39 is 0 Å². The summed E-state index contributed by atoms with van der Waals surface area (Å²) in [5.74, 6) is 2.61. The van der Waals surface area contributed by atoms with Gasteiger partial charge >= 0.3 is 0 Å². The molecule has 132 valence electrons. The average Bonchev–Trinajstić information content (AvgIpc) is 2.69. The van der Waals surface area contributed by atoms with Crippen molar-refractivity contribution in [2.45, 2.75) is 6.92 Å². The Balaban J connectivity index is 1.46. The maximum Gasteiger partial charge on any atom is 0.227 e. The van der Waals surface area contributed by atoms with E-state index in [1.165, 1.54) is 0 Å². The predicted octanol–water partition coefficient (Wildman–Crippen LogP) is 0.738. The van der Waals surface area contributed by atoms with Gasteiger partial charge in [-0.15, -0.1) is 0 Å². The number of aryl methyl sites for hydroxylation is 1. The van der Waals surface area contributed by atoms with Crippen molar-refractivity contribution < 1.29 is 4.74 Å². The molecule has 0 spiro atoms. The maximum absolute atomic E-state index is 5.44. The molecule has 2 aromatic rings. The number of hydrogen-bond donors (Lipinski definition) is 0. The minimum Gasteiger partial charge on any atom is -0.378 e. The van der Waals surface area contributed by atoms with Crippen LogP contribution in [0.3, 0.4) is 0 Å². The van der Waals surface area contributed by atoms with Gasteiger partial charge in [-0.3, -0.25) is 0 Å². The Bertz CT molecular complexity index is 697. The molecule has 2 aromatic heterocycles. The molecule has 2 fully saturated rings. The third-order valence-corrected chi connectivity index (χ3v) is 4.56. The van der Waals surface area contributed by atoms with Gasteiger partial charge in [0.15, 0.2) is 0 Å². The molecule has 4 heterocycles. The van der Waals surface area contributed by atoms with E-state index in [0.717, 1.165) is 75.9 Å². The zero-order chi connectivity index (χ0) is 17.1. The molecule has 2 aliphatic heterocycles. The molecule has 0 unspecified atom stereocenters. The molecule has 0 N–H and O–H groups in total. The van der Waals surface area contributed by atoms with Crippen LogP contribution in [0, 0.1) is 6.92 Å². The first kappa shape index (κ1) is 16.0. The van der Waals surface area contributed by atoms with Crippen molar-refractivity contribution in [1.29, 1.82) is 0 Å². The van der Waals surface area contributed by atoms with Gasteiger partial charge in [0.25, 0.3) is 0 Å². The standard InChI is InChI=1S/C17H23N7O/c1-14-13-15(22-9-11-25-12-10-22)21-17(20-14)24-7-5-23(6-8-24)16-18-3-2-4-19-16/h2-4,13H,5-12H2,1H3. The second-order valence-electron chi connectivity index (χ2n) is 6.29. The van der Waals surface area contributed by atoms with Crippen LogP contribution >= 0.6 is 0 Å². The van der Waals surface area contributed by atoms with Gasteiger partial charge in [0, 0.05) is 63.4 Å². The van der Waals surface area contributed by atoms with Gasteiger partial charge < -0.3 is 19.4 Å². The predicted molar refractivity (Wildman–Crippen MR) is 96.3 cm³/mol. The van der Waals surface area contributed by atoms with Crippen LogP contribution in [-0.2, 0) is 4.74 Å². The molecule has 0 saturated carbocycles. The van der Waals surface area contributed by atoms with Gasteiger partial charge in [-0.05, 0) is 13.0 Å². The molecular weight excluding hydrogens is 318 g/mol. The first-order valence-electron chi connectivity index (χ1n) is 8.75. The van der Waals surface area contributed by atoms with Crippen molar-refractivity contribution in [3.63, 3.8) is 0 Å². The van der Waals surface area contributed by atoms with Crippen LogP contribution in [0.5, 0.6) is 0 Å². The molecule has 4 rings (SSSR count). The minimum atomic E-state index is 0.758. The number of anilines is 3. The van der Waals surface area contributed by atoms with Crippen molar-refractivity contribution in [2.75, 3.05) is 67.2 Å². The molecule has 0 aliphatic carbocycles. The molecule has 2 aliphatic rings. The van der Waals surface area contributed by atoms with Crippen molar-refractivity contribution in [3.05, 3.63) is 30.2 Å². The SMILES string of the molecule is Cc1cc(N2CCOCC2)nc(N2CCN(c3ncccn3)CC2)n1. The van der Waals surface area contributed by atoms with Gasteiger partial charge in [-0.1, -0.05) is 0 Å². The van der Waals surface area contributed by atoms with Gasteiger partial charge in [-0.25, -0.2) is 15.0 Å². The summed E-state index contributed by atoms with van der Waals surface area (Å²) in [5, 5.41) is 0. The van der Waals surface area contributed by atoms with E-state index in [1.54, 1.807) is 12.4 Å². The largest absolute Gasteiger partial charge is 0.378 e. The third kappa shape index (κ3) is 3.63. The number of rotatable bonds is 3. The van der Waals surface area contributed by atoms with E-state index in [-0.39, 0.29) is 0 Å². The molecule has 0 atom stereocenters. The van der Waals surface area contributed by atoms with Crippen LogP contribution in [0.25, 0.3) is 0 Å². The summed E-state index contributed by atoms with van der Waals surface area (Å²) in [6.07, 6.45) is 3.57. The van der Waals surface area contributed by atoms with Crippen molar-refractivity contribution in [3.8, 4) is 0 Å². The average molecular weight is 341 g/mol. The Labute approximate surface area is 147 Å². The molecule has 0 radical (unpaired) electrons. The Morgan fingerprint density at radius 1 is 0.800 bits per heavy atom. The van der Waals surface area contributed by atoms with Crippen LogP contribution < -0.4 is 14.7 Å². The monoisotopic (exact) mass is 341 g/mol. The number of hydrogen-bond acceptors (Lipinski definition) is 8.